The number of rotatable bonds is 5. The van der Waals surface area contributed by atoms with Gasteiger partial charge in [-0.1, -0.05) is 18.6 Å². The average molecular weight is 344 g/mol. The van der Waals surface area contributed by atoms with Gasteiger partial charge in [0.1, 0.15) is 0 Å². The summed E-state index contributed by atoms with van der Waals surface area (Å²) in [5.41, 5.74) is 1.15. The minimum atomic E-state index is -0.429. The van der Waals surface area contributed by atoms with Crippen LogP contribution in [0.3, 0.4) is 0 Å². The molecule has 5 nitrogen and oxygen atoms in total. The highest BCUT2D eigenvalue weighted by atomic mass is 79.9. The third kappa shape index (κ3) is 3.22. The van der Waals surface area contributed by atoms with E-state index in [1.54, 1.807) is 16.0 Å². The fraction of sp³-hybridized carbons (Fsp3) is 0.417. The second kappa shape index (κ2) is 6.29. The van der Waals surface area contributed by atoms with Crippen LogP contribution in [0.25, 0.3) is 0 Å². The molecule has 0 bridgehead atoms. The van der Waals surface area contributed by atoms with Crippen LogP contribution in [0.4, 0.5) is 0 Å². The number of methoxy groups -OCH3 is 1. The molecule has 2 heterocycles. The number of carbonyl (C=O) groups excluding carboxylic acids is 1. The van der Waals surface area contributed by atoms with E-state index in [-0.39, 0.29) is 0 Å². The van der Waals surface area contributed by atoms with Gasteiger partial charge in [0.2, 0.25) is 0 Å². The molecule has 102 valence electrons. The van der Waals surface area contributed by atoms with Crippen molar-refractivity contribution in [3.8, 4) is 0 Å². The third-order valence-electron chi connectivity index (χ3n) is 2.63. The molecule has 0 radical (unpaired) electrons. The maximum atomic E-state index is 11.6. The highest BCUT2D eigenvalue weighted by Gasteiger charge is 2.19. The molecule has 2 aromatic heterocycles. The van der Waals surface area contributed by atoms with Crippen molar-refractivity contribution in [1.82, 2.24) is 15.0 Å². The molecule has 0 spiro atoms. The van der Waals surface area contributed by atoms with Gasteiger partial charge in [-0.3, -0.25) is 0 Å². The fourth-order valence-electron chi connectivity index (χ4n) is 1.78. The lowest BCUT2D eigenvalue weighted by molar-refractivity contribution is 0.0592. The van der Waals surface area contributed by atoms with Crippen LogP contribution in [-0.4, -0.2) is 28.1 Å². The summed E-state index contributed by atoms with van der Waals surface area (Å²) >= 11 is 5.07. The van der Waals surface area contributed by atoms with Crippen molar-refractivity contribution in [3.05, 3.63) is 32.2 Å². The Kier molecular flexibility index (Phi) is 4.71. The fourth-order valence-corrected chi connectivity index (χ4v) is 3.22. The van der Waals surface area contributed by atoms with Crippen molar-refractivity contribution in [2.75, 3.05) is 7.11 Å². The second-order valence-corrected chi connectivity index (χ2v) is 5.93. The Morgan fingerprint density at radius 3 is 2.95 bits per heavy atom. The van der Waals surface area contributed by atoms with E-state index in [0.717, 1.165) is 27.9 Å². The monoisotopic (exact) mass is 343 g/mol. The zero-order valence-corrected chi connectivity index (χ0v) is 13.1. The van der Waals surface area contributed by atoms with Gasteiger partial charge >= 0.3 is 5.97 Å². The maximum absolute atomic E-state index is 11.6. The molecule has 0 N–H and O–H groups in total. The Bertz CT molecular complexity index is 579. The van der Waals surface area contributed by atoms with Crippen molar-refractivity contribution in [1.29, 1.82) is 0 Å². The zero-order chi connectivity index (χ0) is 13.8. The van der Waals surface area contributed by atoms with E-state index in [4.69, 9.17) is 4.74 Å². The van der Waals surface area contributed by atoms with E-state index < -0.39 is 5.97 Å². The topological polar surface area (TPSA) is 57.0 Å². The minimum Gasteiger partial charge on any atom is -0.464 e. The number of ether oxygens (including phenoxy) is 1. The quantitative estimate of drug-likeness (QED) is 0.783. The van der Waals surface area contributed by atoms with Gasteiger partial charge in [-0.2, -0.15) is 0 Å². The number of hydrogen-bond acceptors (Lipinski definition) is 5. The van der Waals surface area contributed by atoms with Gasteiger partial charge in [0.15, 0.2) is 5.69 Å². The summed E-state index contributed by atoms with van der Waals surface area (Å²) in [6.45, 7) is 2.68. The molecular weight excluding hydrogens is 330 g/mol. The number of halogens is 1. The molecule has 0 aliphatic heterocycles. The molecule has 0 aromatic carbocycles. The van der Waals surface area contributed by atoms with E-state index in [1.807, 2.05) is 11.4 Å². The first-order chi connectivity index (χ1) is 9.15. The van der Waals surface area contributed by atoms with Crippen LogP contribution < -0.4 is 0 Å². The highest BCUT2D eigenvalue weighted by Crippen LogP contribution is 2.21. The van der Waals surface area contributed by atoms with Gasteiger partial charge in [-0.25, -0.2) is 9.48 Å². The van der Waals surface area contributed by atoms with Gasteiger partial charge < -0.3 is 4.74 Å². The van der Waals surface area contributed by atoms with Crippen molar-refractivity contribution in [2.24, 2.45) is 0 Å². The zero-order valence-electron chi connectivity index (χ0n) is 10.7. The van der Waals surface area contributed by atoms with Gasteiger partial charge in [-0.15, -0.1) is 16.4 Å². The normalized spacial score (nSPS) is 10.7. The number of hydrogen-bond donors (Lipinski definition) is 0. The lowest BCUT2D eigenvalue weighted by Crippen LogP contribution is -2.10. The van der Waals surface area contributed by atoms with Crippen LogP contribution in [-0.2, 0) is 17.7 Å². The predicted molar refractivity (Wildman–Crippen MR) is 76.5 cm³/mol. The summed E-state index contributed by atoms with van der Waals surface area (Å²) in [6.07, 6.45) is 1.68. The first kappa shape index (κ1) is 14.2. The van der Waals surface area contributed by atoms with Crippen LogP contribution in [0.2, 0.25) is 0 Å². The molecule has 19 heavy (non-hydrogen) atoms. The number of esters is 1. The number of aromatic nitrogens is 3. The van der Waals surface area contributed by atoms with E-state index in [0.29, 0.717) is 12.2 Å². The van der Waals surface area contributed by atoms with E-state index in [2.05, 4.69) is 33.2 Å². The average Bonchev–Trinajstić information content (AvgIpc) is 2.97. The summed E-state index contributed by atoms with van der Waals surface area (Å²) in [4.78, 5) is 12.8. The molecule has 0 atom stereocenters. The first-order valence-electron chi connectivity index (χ1n) is 5.89. The van der Waals surface area contributed by atoms with Crippen molar-refractivity contribution >= 4 is 33.2 Å². The van der Waals surface area contributed by atoms with Crippen molar-refractivity contribution < 1.29 is 9.53 Å². The van der Waals surface area contributed by atoms with Crippen molar-refractivity contribution in [2.45, 2.75) is 26.3 Å². The molecule has 0 fully saturated rings. The molecule has 0 aliphatic carbocycles. The molecule has 2 aromatic rings. The SMILES string of the molecule is CCCc1c(C(=O)OC)nnn1Cc1cc(Br)cs1. The summed E-state index contributed by atoms with van der Waals surface area (Å²) < 4.78 is 7.56. The van der Waals surface area contributed by atoms with Gasteiger partial charge in [0, 0.05) is 14.7 Å². The van der Waals surface area contributed by atoms with Gasteiger partial charge in [0.25, 0.3) is 0 Å². The molecule has 0 unspecified atom stereocenters. The van der Waals surface area contributed by atoms with E-state index in [1.165, 1.54) is 7.11 Å². The van der Waals surface area contributed by atoms with Crippen LogP contribution >= 0.6 is 27.3 Å². The summed E-state index contributed by atoms with van der Waals surface area (Å²) in [5, 5.41) is 10.0. The largest absolute Gasteiger partial charge is 0.464 e. The lowest BCUT2D eigenvalue weighted by atomic mass is 10.2. The Labute approximate surface area is 123 Å². The van der Waals surface area contributed by atoms with Gasteiger partial charge in [-0.05, 0) is 28.4 Å². The summed E-state index contributed by atoms with van der Waals surface area (Å²) in [5.74, 6) is -0.429. The standard InChI is InChI=1S/C12H14BrN3O2S/c1-3-4-10-11(12(17)18-2)14-15-16(10)6-9-5-8(13)7-19-9/h5,7H,3-4,6H2,1-2H3. The van der Waals surface area contributed by atoms with Crippen LogP contribution in [0, 0.1) is 0 Å². The Hall–Kier alpha value is -1.21. The maximum Gasteiger partial charge on any atom is 0.360 e. The van der Waals surface area contributed by atoms with Crippen LogP contribution in [0.5, 0.6) is 0 Å². The minimum absolute atomic E-state index is 0.319. The Morgan fingerprint density at radius 2 is 2.37 bits per heavy atom. The third-order valence-corrected chi connectivity index (χ3v) is 4.31. The smallest absolute Gasteiger partial charge is 0.360 e. The Morgan fingerprint density at radius 1 is 1.58 bits per heavy atom. The number of thiophene rings is 1. The van der Waals surface area contributed by atoms with Crippen LogP contribution in [0.1, 0.15) is 34.4 Å². The molecule has 0 aliphatic rings. The molecule has 0 saturated carbocycles. The number of nitrogens with zero attached hydrogens (tertiary/aromatic N) is 3. The Balaban J connectivity index is 2.29. The molecular formula is C12H14BrN3O2S. The second-order valence-electron chi connectivity index (χ2n) is 4.02. The summed E-state index contributed by atoms with van der Waals surface area (Å²) in [6, 6.07) is 2.04. The highest BCUT2D eigenvalue weighted by molar-refractivity contribution is 9.10. The van der Waals surface area contributed by atoms with Gasteiger partial charge in [0.05, 0.1) is 19.3 Å². The molecule has 0 amide bonds. The van der Waals surface area contributed by atoms with E-state index in [9.17, 15) is 4.79 Å². The first-order valence-corrected chi connectivity index (χ1v) is 7.56. The number of carbonyl (C=O) groups is 1. The summed E-state index contributed by atoms with van der Waals surface area (Å²) in [7, 11) is 1.35. The van der Waals surface area contributed by atoms with Crippen molar-refractivity contribution in [3.63, 3.8) is 0 Å². The lowest BCUT2D eigenvalue weighted by Gasteiger charge is -2.05. The van der Waals surface area contributed by atoms with E-state index >= 15 is 0 Å². The molecule has 2 rings (SSSR count). The van der Waals surface area contributed by atoms with Crippen LogP contribution in [0.15, 0.2) is 15.9 Å². The predicted octanol–water partition coefficient (Wildman–Crippen LogP) is 2.89. The molecule has 0 saturated heterocycles. The molecule has 7 heteroatoms.